The summed E-state index contributed by atoms with van der Waals surface area (Å²) in [5.41, 5.74) is 7.73. The average Bonchev–Trinajstić information content (AvgIpc) is 2.35. The van der Waals surface area contributed by atoms with Crippen LogP contribution in [0.4, 0.5) is 10.5 Å². The first-order valence-corrected chi connectivity index (χ1v) is 5.19. The van der Waals surface area contributed by atoms with Crippen molar-refractivity contribution in [3.8, 4) is 5.75 Å². The number of anilines is 1. The fraction of sp³-hybridized carbons (Fsp3) is 0.273. The summed E-state index contributed by atoms with van der Waals surface area (Å²) < 4.78 is 5.45. The second-order valence-electron chi connectivity index (χ2n) is 3.52. The average molecular weight is 235 g/mol. The van der Waals surface area contributed by atoms with Crippen LogP contribution in [0.3, 0.4) is 0 Å². The number of nitrogens with two attached hydrogens (primary N) is 1. The first kappa shape index (κ1) is 11.3. The normalized spacial score (nSPS) is 15.9. The molecule has 0 bridgehead atoms. The van der Waals surface area contributed by atoms with Crippen LogP contribution in [-0.2, 0) is 4.84 Å². The van der Waals surface area contributed by atoms with Gasteiger partial charge in [0, 0.05) is 24.7 Å². The van der Waals surface area contributed by atoms with Crippen LogP contribution in [-0.4, -0.2) is 25.5 Å². The van der Waals surface area contributed by atoms with Gasteiger partial charge in [-0.2, -0.15) is 0 Å². The maximum atomic E-state index is 10.9. The van der Waals surface area contributed by atoms with E-state index in [1.807, 2.05) is 0 Å². The number of hydrogen-bond donors (Lipinski definition) is 2. The molecule has 6 nitrogen and oxygen atoms in total. The van der Waals surface area contributed by atoms with Gasteiger partial charge in [-0.05, 0) is 18.2 Å². The SMILES string of the molecule is CNC(=O)O/N=C1\CCOc2ccc(N)cc21. The second-order valence-corrected chi connectivity index (χ2v) is 3.52. The number of rotatable bonds is 1. The number of nitrogens with zero attached hydrogens (tertiary/aromatic N) is 1. The van der Waals surface area contributed by atoms with Crippen LogP contribution in [0.15, 0.2) is 23.4 Å². The number of hydrogen-bond acceptors (Lipinski definition) is 5. The van der Waals surface area contributed by atoms with Gasteiger partial charge in [0.25, 0.3) is 0 Å². The van der Waals surface area contributed by atoms with Crippen molar-refractivity contribution >= 4 is 17.5 Å². The Morgan fingerprint density at radius 3 is 3.18 bits per heavy atom. The fourth-order valence-corrected chi connectivity index (χ4v) is 1.53. The van der Waals surface area contributed by atoms with Gasteiger partial charge in [0.05, 0.1) is 12.3 Å². The zero-order chi connectivity index (χ0) is 12.3. The van der Waals surface area contributed by atoms with E-state index in [9.17, 15) is 4.79 Å². The predicted molar refractivity (Wildman–Crippen MR) is 63.0 cm³/mol. The van der Waals surface area contributed by atoms with E-state index in [0.717, 1.165) is 5.56 Å². The minimum Gasteiger partial charge on any atom is -0.492 e. The van der Waals surface area contributed by atoms with Crippen LogP contribution in [0.1, 0.15) is 12.0 Å². The Labute approximate surface area is 98.4 Å². The highest BCUT2D eigenvalue weighted by Gasteiger charge is 2.18. The first-order chi connectivity index (χ1) is 8.20. The van der Waals surface area contributed by atoms with Crippen molar-refractivity contribution in [3.05, 3.63) is 23.8 Å². The minimum absolute atomic E-state index is 0.507. The molecule has 1 aromatic rings. The van der Waals surface area contributed by atoms with E-state index >= 15 is 0 Å². The van der Waals surface area contributed by atoms with Crippen LogP contribution in [0.25, 0.3) is 0 Å². The highest BCUT2D eigenvalue weighted by atomic mass is 16.7. The smallest absolute Gasteiger partial charge is 0.433 e. The van der Waals surface area contributed by atoms with E-state index in [-0.39, 0.29) is 0 Å². The molecule has 2 rings (SSSR count). The van der Waals surface area contributed by atoms with E-state index in [0.29, 0.717) is 30.2 Å². The predicted octanol–water partition coefficient (Wildman–Crippen LogP) is 1.11. The van der Waals surface area contributed by atoms with Gasteiger partial charge in [-0.3, -0.25) is 4.84 Å². The summed E-state index contributed by atoms with van der Waals surface area (Å²) in [6.07, 6.45) is -0.0255. The van der Waals surface area contributed by atoms with E-state index in [1.54, 1.807) is 18.2 Å². The minimum atomic E-state index is -0.602. The lowest BCUT2D eigenvalue weighted by molar-refractivity contribution is 0.152. The Kier molecular flexibility index (Phi) is 3.13. The topological polar surface area (TPSA) is 85.9 Å². The molecule has 1 aliphatic heterocycles. The molecule has 17 heavy (non-hydrogen) atoms. The molecule has 90 valence electrons. The summed E-state index contributed by atoms with van der Waals surface area (Å²) in [4.78, 5) is 15.6. The quantitative estimate of drug-likeness (QED) is 0.433. The number of benzene rings is 1. The van der Waals surface area contributed by atoms with E-state index < -0.39 is 6.09 Å². The van der Waals surface area contributed by atoms with Crippen molar-refractivity contribution in [2.24, 2.45) is 5.16 Å². The summed E-state index contributed by atoms with van der Waals surface area (Å²) in [6.45, 7) is 0.507. The molecule has 6 heteroatoms. The monoisotopic (exact) mass is 235 g/mol. The molecule has 1 aromatic carbocycles. The van der Waals surface area contributed by atoms with Crippen LogP contribution >= 0.6 is 0 Å². The number of amides is 1. The Balaban J connectivity index is 2.27. The molecule has 0 saturated carbocycles. The van der Waals surface area contributed by atoms with Gasteiger partial charge in [0.2, 0.25) is 0 Å². The van der Waals surface area contributed by atoms with Crippen molar-refractivity contribution in [3.63, 3.8) is 0 Å². The van der Waals surface area contributed by atoms with Crippen molar-refractivity contribution in [2.45, 2.75) is 6.42 Å². The highest BCUT2D eigenvalue weighted by molar-refractivity contribution is 6.04. The zero-order valence-electron chi connectivity index (χ0n) is 9.40. The molecule has 0 radical (unpaired) electrons. The summed E-state index contributed by atoms with van der Waals surface area (Å²) in [6, 6.07) is 5.28. The van der Waals surface area contributed by atoms with E-state index in [1.165, 1.54) is 7.05 Å². The van der Waals surface area contributed by atoms with Crippen molar-refractivity contribution in [1.29, 1.82) is 0 Å². The summed E-state index contributed by atoms with van der Waals surface area (Å²) in [5, 5.41) is 6.12. The number of carbonyl (C=O) groups excluding carboxylic acids is 1. The molecule has 0 spiro atoms. The number of nitrogen functional groups attached to an aromatic ring is 1. The number of carbonyl (C=O) groups is 1. The maximum Gasteiger partial charge on any atom is 0.433 e. The third-order valence-electron chi connectivity index (χ3n) is 2.35. The molecule has 1 aliphatic rings. The van der Waals surface area contributed by atoms with Gasteiger partial charge < -0.3 is 15.8 Å². The standard InChI is InChI=1S/C11H13N3O3/c1-13-11(15)17-14-9-4-5-16-10-3-2-7(12)6-8(9)10/h2-3,6H,4-5,12H2,1H3,(H,13,15)/b14-9+. The van der Waals surface area contributed by atoms with Crippen LogP contribution in [0, 0.1) is 0 Å². The largest absolute Gasteiger partial charge is 0.492 e. The maximum absolute atomic E-state index is 10.9. The summed E-state index contributed by atoms with van der Waals surface area (Å²) in [5.74, 6) is 0.699. The Hall–Kier alpha value is -2.24. The molecule has 3 N–H and O–H groups in total. The van der Waals surface area contributed by atoms with Crippen molar-refractivity contribution in [2.75, 3.05) is 19.4 Å². The fourth-order valence-electron chi connectivity index (χ4n) is 1.53. The Morgan fingerprint density at radius 2 is 2.41 bits per heavy atom. The van der Waals surface area contributed by atoms with E-state index in [2.05, 4.69) is 15.3 Å². The lowest BCUT2D eigenvalue weighted by Gasteiger charge is -2.18. The zero-order valence-corrected chi connectivity index (χ0v) is 9.40. The van der Waals surface area contributed by atoms with Gasteiger partial charge in [0.15, 0.2) is 0 Å². The number of nitrogens with one attached hydrogen (secondary N) is 1. The van der Waals surface area contributed by atoms with Gasteiger partial charge in [-0.1, -0.05) is 5.16 Å². The molecular formula is C11H13N3O3. The van der Waals surface area contributed by atoms with E-state index in [4.69, 9.17) is 10.5 Å². The Morgan fingerprint density at radius 1 is 1.59 bits per heavy atom. The highest BCUT2D eigenvalue weighted by Crippen LogP contribution is 2.27. The van der Waals surface area contributed by atoms with Crippen LogP contribution in [0.5, 0.6) is 5.75 Å². The molecule has 0 fully saturated rings. The van der Waals surface area contributed by atoms with Crippen LogP contribution < -0.4 is 15.8 Å². The number of oxime groups is 1. The number of ether oxygens (including phenoxy) is 1. The van der Waals surface area contributed by atoms with Gasteiger partial charge in [-0.25, -0.2) is 4.79 Å². The lowest BCUT2D eigenvalue weighted by atomic mass is 10.0. The molecule has 1 amide bonds. The van der Waals surface area contributed by atoms with Gasteiger partial charge in [0.1, 0.15) is 5.75 Å². The van der Waals surface area contributed by atoms with Crippen LogP contribution in [0.2, 0.25) is 0 Å². The Bertz CT molecular complexity index is 471. The first-order valence-electron chi connectivity index (χ1n) is 5.19. The third-order valence-corrected chi connectivity index (χ3v) is 2.35. The lowest BCUT2D eigenvalue weighted by Crippen LogP contribution is -2.20. The molecule has 1 heterocycles. The molecule has 0 aliphatic carbocycles. The molecule has 0 aromatic heterocycles. The molecule has 0 saturated heterocycles. The molecule has 0 atom stereocenters. The second kappa shape index (κ2) is 4.73. The van der Waals surface area contributed by atoms with Gasteiger partial charge >= 0.3 is 6.09 Å². The molecule has 0 unspecified atom stereocenters. The van der Waals surface area contributed by atoms with Crippen molar-refractivity contribution in [1.82, 2.24) is 5.32 Å². The summed E-state index contributed by atoms with van der Waals surface area (Å²) in [7, 11) is 1.47. The third kappa shape index (κ3) is 2.47. The number of fused-ring (bicyclic) bond motifs is 1. The van der Waals surface area contributed by atoms with Crippen molar-refractivity contribution < 1.29 is 14.4 Å². The molecular weight excluding hydrogens is 222 g/mol. The summed E-state index contributed by atoms with van der Waals surface area (Å²) >= 11 is 0. The van der Waals surface area contributed by atoms with Gasteiger partial charge in [-0.15, -0.1) is 0 Å².